The van der Waals surface area contributed by atoms with E-state index in [4.69, 9.17) is 9.47 Å². The number of benzene rings is 2. The first-order valence-corrected chi connectivity index (χ1v) is 12.5. The van der Waals surface area contributed by atoms with Crippen LogP contribution in [0.15, 0.2) is 71.9 Å². The zero-order valence-corrected chi connectivity index (χ0v) is 20.7. The number of hydrogen-bond acceptors (Lipinski definition) is 6. The summed E-state index contributed by atoms with van der Waals surface area (Å²) in [7, 11) is 3.12. The highest BCUT2D eigenvalue weighted by Gasteiger charge is 2.28. The molecule has 1 saturated heterocycles. The number of ether oxygens (including phenoxy) is 2. The molecule has 0 unspecified atom stereocenters. The van der Waals surface area contributed by atoms with Gasteiger partial charge in [0.25, 0.3) is 5.91 Å². The average Bonchev–Trinajstić information content (AvgIpc) is 2.92. The number of carbonyl (C=O) groups is 2. The van der Waals surface area contributed by atoms with Crippen molar-refractivity contribution in [3.63, 3.8) is 0 Å². The number of likely N-dealkylation sites (tertiary alicyclic amines) is 1. The number of pyridine rings is 1. The lowest BCUT2D eigenvalue weighted by atomic mass is 9.95. The number of rotatable bonds is 8. The SMILES string of the molecule is COc1cc(OC)cc(C(=O)N2CCC(C(=O)Nc3ccc(SCc4cccnc4)cc3)CC2)c1. The number of carbonyl (C=O) groups excluding carboxylic acids is 2. The molecule has 3 aromatic rings. The van der Waals surface area contributed by atoms with Crippen LogP contribution in [0.4, 0.5) is 5.69 Å². The summed E-state index contributed by atoms with van der Waals surface area (Å²) >= 11 is 1.73. The number of methoxy groups -OCH3 is 2. The van der Waals surface area contributed by atoms with Crippen molar-refractivity contribution in [2.45, 2.75) is 23.5 Å². The molecule has 1 aliphatic rings. The molecule has 1 fully saturated rings. The van der Waals surface area contributed by atoms with Crippen LogP contribution in [0.5, 0.6) is 11.5 Å². The number of amides is 2. The summed E-state index contributed by atoms with van der Waals surface area (Å²) < 4.78 is 10.5. The molecule has 0 aliphatic carbocycles. The molecule has 0 spiro atoms. The van der Waals surface area contributed by atoms with Crippen molar-refractivity contribution in [1.82, 2.24) is 9.88 Å². The quantitative estimate of drug-likeness (QED) is 0.452. The molecule has 0 atom stereocenters. The molecule has 2 amide bonds. The first-order chi connectivity index (χ1) is 17.1. The molecule has 8 heteroatoms. The summed E-state index contributed by atoms with van der Waals surface area (Å²) in [5.41, 5.74) is 2.47. The molecule has 182 valence electrons. The Kier molecular flexibility index (Phi) is 8.26. The third-order valence-electron chi connectivity index (χ3n) is 6.00. The van der Waals surface area contributed by atoms with E-state index in [9.17, 15) is 9.59 Å². The van der Waals surface area contributed by atoms with Gasteiger partial charge in [-0.25, -0.2) is 0 Å². The Balaban J connectivity index is 1.27. The summed E-state index contributed by atoms with van der Waals surface area (Å²) in [6.45, 7) is 1.06. The van der Waals surface area contributed by atoms with Crippen molar-refractivity contribution in [2.24, 2.45) is 5.92 Å². The number of thioether (sulfide) groups is 1. The normalized spacial score (nSPS) is 13.8. The maximum absolute atomic E-state index is 13.0. The van der Waals surface area contributed by atoms with Gasteiger partial charge in [0.05, 0.1) is 14.2 Å². The van der Waals surface area contributed by atoms with Gasteiger partial charge in [-0.3, -0.25) is 14.6 Å². The van der Waals surface area contributed by atoms with Crippen LogP contribution in [0.3, 0.4) is 0 Å². The van der Waals surface area contributed by atoms with Crippen LogP contribution in [0.25, 0.3) is 0 Å². The van der Waals surface area contributed by atoms with E-state index in [0.717, 1.165) is 16.3 Å². The number of anilines is 1. The molecule has 1 N–H and O–H groups in total. The first-order valence-electron chi connectivity index (χ1n) is 11.5. The number of nitrogens with one attached hydrogen (secondary N) is 1. The summed E-state index contributed by atoms with van der Waals surface area (Å²) in [6, 6.07) is 17.0. The lowest BCUT2D eigenvalue weighted by molar-refractivity contribution is -0.121. The highest BCUT2D eigenvalue weighted by Crippen LogP contribution is 2.27. The van der Waals surface area contributed by atoms with Crippen molar-refractivity contribution in [2.75, 3.05) is 32.6 Å². The molecular weight excluding hydrogens is 462 g/mol. The number of aromatic nitrogens is 1. The molecule has 7 nitrogen and oxygen atoms in total. The van der Waals surface area contributed by atoms with Crippen LogP contribution in [-0.4, -0.2) is 49.0 Å². The second-order valence-corrected chi connectivity index (χ2v) is 9.38. The Morgan fingerprint density at radius 2 is 1.71 bits per heavy atom. The first kappa shape index (κ1) is 24.6. The fourth-order valence-electron chi connectivity index (χ4n) is 3.99. The molecule has 2 heterocycles. The minimum Gasteiger partial charge on any atom is -0.497 e. The molecule has 0 bridgehead atoms. The topological polar surface area (TPSA) is 80.8 Å². The fourth-order valence-corrected chi connectivity index (χ4v) is 4.82. The van der Waals surface area contributed by atoms with Gasteiger partial charge >= 0.3 is 0 Å². The second-order valence-electron chi connectivity index (χ2n) is 8.33. The van der Waals surface area contributed by atoms with Crippen LogP contribution >= 0.6 is 11.8 Å². The minimum atomic E-state index is -0.126. The molecular formula is C27H29N3O4S. The van der Waals surface area contributed by atoms with E-state index in [1.54, 1.807) is 55.3 Å². The van der Waals surface area contributed by atoms with Gasteiger partial charge in [0.1, 0.15) is 11.5 Å². The van der Waals surface area contributed by atoms with E-state index in [-0.39, 0.29) is 17.7 Å². The Hall–Kier alpha value is -3.52. The molecule has 4 rings (SSSR count). The third-order valence-corrected chi connectivity index (χ3v) is 7.08. The average molecular weight is 492 g/mol. The minimum absolute atomic E-state index is 0.00379. The zero-order chi connectivity index (χ0) is 24.6. The van der Waals surface area contributed by atoms with E-state index < -0.39 is 0 Å². The molecule has 0 radical (unpaired) electrons. The number of piperidine rings is 1. The largest absolute Gasteiger partial charge is 0.497 e. The molecule has 1 aromatic heterocycles. The van der Waals surface area contributed by atoms with Gasteiger partial charge in [0, 0.05) is 59.4 Å². The molecule has 35 heavy (non-hydrogen) atoms. The predicted octanol–water partition coefficient (Wildman–Crippen LogP) is 4.88. The summed E-state index contributed by atoms with van der Waals surface area (Å²) in [4.78, 5) is 32.9. The lowest BCUT2D eigenvalue weighted by Crippen LogP contribution is -2.41. The number of hydrogen-bond donors (Lipinski definition) is 1. The monoisotopic (exact) mass is 491 g/mol. The summed E-state index contributed by atoms with van der Waals surface area (Å²) in [5.74, 6) is 1.78. The fraction of sp³-hybridized carbons (Fsp3) is 0.296. The van der Waals surface area contributed by atoms with Crippen LogP contribution < -0.4 is 14.8 Å². The van der Waals surface area contributed by atoms with E-state index in [0.29, 0.717) is 43.0 Å². The van der Waals surface area contributed by atoms with Crippen molar-refractivity contribution in [3.8, 4) is 11.5 Å². The maximum atomic E-state index is 13.0. The van der Waals surface area contributed by atoms with Crippen molar-refractivity contribution in [1.29, 1.82) is 0 Å². The van der Waals surface area contributed by atoms with Crippen LogP contribution in [-0.2, 0) is 10.5 Å². The van der Waals surface area contributed by atoms with Crippen LogP contribution in [0.1, 0.15) is 28.8 Å². The smallest absolute Gasteiger partial charge is 0.254 e. The van der Waals surface area contributed by atoms with E-state index in [2.05, 4.69) is 16.4 Å². The van der Waals surface area contributed by atoms with Gasteiger partial charge in [0.15, 0.2) is 0 Å². The van der Waals surface area contributed by atoms with Crippen LogP contribution in [0, 0.1) is 5.92 Å². The Morgan fingerprint density at radius 3 is 2.31 bits per heavy atom. The predicted molar refractivity (Wildman–Crippen MR) is 137 cm³/mol. The van der Waals surface area contributed by atoms with Gasteiger partial charge in [-0.05, 0) is 60.9 Å². The second kappa shape index (κ2) is 11.8. The van der Waals surface area contributed by atoms with Crippen LogP contribution in [0.2, 0.25) is 0 Å². The van der Waals surface area contributed by atoms with Gasteiger partial charge in [0.2, 0.25) is 5.91 Å². The van der Waals surface area contributed by atoms with Crippen molar-refractivity contribution >= 4 is 29.3 Å². The molecule has 0 saturated carbocycles. The van der Waals surface area contributed by atoms with Crippen molar-refractivity contribution < 1.29 is 19.1 Å². The Labute approximate surface area is 209 Å². The summed E-state index contributed by atoms with van der Waals surface area (Å²) in [5, 5.41) is 3.02. The Morgan fingerprint density at radius 1 is 1.03 bits per heavy atom. The highest BCUT2D eigenvalue weighted by molar-refractivity contribution is 7.98. The van der Waals surface area contributed by atoms with E-state index in [1.807, 2.05) is 36.5 Å². The van der Waals surface area contributed by atoms with Gasteiger partial charge in [-0.1, -0.05) is 6.07 Å². The van der Waals surface area contributed by atoms with E-state index in [1.165, 1.54) is 5.56 Å². The maximum Gasteiger partial charge on any atom is 0.254 e. The van der Waals surface area contributed by atoms with Gasteiger partial charge in [-0.15, -0.1) is 11.8 Å². The summed E-state index contributed by atoms with van der Waals surface area (Å²) in [6.07, 6.45) is 4.88. The van der Waals surface area contributed by atoms with E-state index >= 15 is 0 Å². The lowest BCUT2D eigenvalue weighted by Gasteiger charge is -2.31. The number of nitrogens with zero attached hydrogens (tertiary/aromatic N) is 2. The van der Waals surface area contributed by atoms with Crippen molar-refractivity contribution in [3.05, 3.63) is 78.1 Å². The highest BCUT2D eigenvalue weighted by atomic mass is 32.2. The molecule has 2 aromatic carbocycles. The van der Waals surface area contributed by atoms with Gasteiger partial charge < -0.3 is 19.7 Å². The van der Waals surface area contributed by atoms with Gasteiger partial charge in [-0.2, -0.15) is 0 Å². The standard InChI is InChI=1S/C27H29N3O4S/c1-33-23-14-21(15-24(16-23)34-2)27(32)30-12-9-20(10-13-30)26(31)29-22-5-7-25(8-6-22)35-18-19-4-3-11-28-17-19/h3-8,11,14-17,20H,9-10,12-13,18H2,1-2H3,(H,29,31). The molecule has 1 aliphatic heterocycles. The third kappa shape index (κ3) is 6.54. The Bertz CT molecular complexity index is 1120. The zero-order valence-electron chi connectivity index (χ0n) is 19.9.